The molecule has 1 aliphatic heterocycles. The minimum Gasteiger partial charge on any atom is -0.378 e. The number of ketones is 1. The van der Waals surface area contributed by atoms with Gasteiger partial charge in [-0.2, -0.15) is 5.10 Å². The van der Waals surface area contributed by atoms with Gasteiger partial charge in [0.05, 0.1) is 31.0 Å². The molecule has 1 unspecified atom stereocenters. The zero-order chi connectivity index (χ0) is 11.4. The van der Waals surface area contributed by atoms with Crippen molar-refractivity contribution in [2.45, 2.75) is 25.9 Å². The molecule has 0 spiro atoms. The lowest BCUT2D eigenvalue weighted by Gasteiger charge is -2.21. The van der Waals surface area contributed by atoms with Crippen LogP contribution in [0.4, 0.5) is 0 Å². The Hall–Kier alpha value is -1.20. The second-order valence-corrected chi connectivity index (χ2v) is 3.94. The Labute approximate surface area is 94.8 Å². The van der Waals surface area contributed by atoms with Gasteiger partial charge in [-0.3, -0.25) is 9.48 Å². The van der Waals surface area contributed by atoms with E-state index in [1.54, 1.807) is 10.9 Å². The summed E-state index contributed by atoms with van der Waals surface area (Å²) in [5.41, 5.74) is 0.663. The summed E-state index contributed by atoms with van der Waals surface area (Å²) in [7, 11) is 0. The fraction of sp³-hybridized carbons (Fsp3) is 0.636. The summed E-state index contributed by atoms with van der Waals surface area (Å²) in [5.74, 6) is 0.0713. The van der Waals surface area contributed by atoms with Crippen LogP contribution in [0.3, 0.4) is 0 Å². The van der Waals surface area contributed by atoms with Crippen molar-refractivity contribution in [3.63, 3.8) is 0 Å². The molecule has 0 aliphatic carbocycles. The lowest BCUT2D eigenvalue weighted by atomic mass is 10.1. The fourth-order valence-electron chi connectivity index (χ4n) is 1.78. The largest absolute Gasteiger partial charge is 0.378 e. The Kier molecular flexibility index (Phi) is 3.69. The second kappa shape index (κ2) is 5.23. The highest BCUT2D eigenvalue weighted by Crippen LogP contribution is 2.06. The molecule has 1 fully saturated rings. The third kappa shape index (κ3) is 2.48. The number of nitrogens with one attached hydrogen (secondary N) is 1. The Bertz CT molecular complexity index is 356. The van der Waals surface area contributed by atoms with E-state index in [0.29, 0.717) is 18.8 Å². The van der Waals surface area contributed by atoms with E-state index in [4.69, 9.17) is 4.74 Å². The molecule has 16 heavy (non-hydrogen) atoms. The van der Waals surface area contributed by atoms with Crippen LogP contribution >= 0.6 is 0 Å². The van der Waals surface area contributed by atoms with Crippen LogP contribution in [0.1, 0.15) is 23.7 Å². The molecule has 1 aliphatic rings. The fourth-order valence-corrected chi connectivity index (χ4v) is 1.78. The van der Waals surface area contributed by atoms with Gasteiger partial charge in [-0.05, 0) is 6.42 Å². The van der Waals surface area contributed by atoms with Gasteiger partial charge in [0.15, 0.2) is 5.78 Å². The van der Waals surface area contributed by atoms with Gasteiger partial charge in [-0.15, -0.1) is 0 Å². The minimum absolute atomic E-state index is 0.0713. The predicted molar refractivity (Wildman–Crippen MR) is 59.5 cm³/mol. The van der Waals surface area contributed by atoms with Crippen LogP contribution in [0.25, 0.3) is 0 Å². The summed E-state index contributed by atoms with van der Waals surface area (Å²) >= 11 is 0. The number of nitrogens with zero attached hydrogens (tertiary/aromatic N) is 2. The number of rotatable bonds is 4. The molecular formula is C11H17N3O2. The van der Waals surface area contributed by atoms with Crippen LogP contribution in [-0.4, -0.2) is 41.4 Å². The molecule has 2 rings (SSSR count). The van der Waals surface area contributed by atoms with E-state index in [9.17, 15) is 4.79 Å². The first-order valence-corrected chi connectivity index (χ1v) is 5.69. The smallest absolute Gasteiger partial charge is 0.185 e. The molecule has 1 aromatic heterocycles. The number of Topliss-reactive ketones (excluding diaryl/α,β-unsaturated/α-hetero) is 1. The molecule has 1 saturated heterocycles. The van der Waals surface area contributed by atoms with Gasteiger partial charge in [0.1, 0.15) is 0 Å². The highest BCUT2D eigenvalue weighted by molar-refractivity contribution is 5.99. The Morgan fingerprint density at radius 3 is 3.31 bits per heavy atom. The normalized spacial score (nSPS) is 20.9. The molecule has 0 bridgehead atoms. The summed E-state index contributed by atoms with van der Waals surface area (Å²) in [6.45, 7) is 4.80. The molecule has 0 saturated carbocycles. The number of aryl methyl sites for hydroxylation is 1. The van der Waals surface area contributed by atoms with E-state index >= 15 is 0 Å². The van der Waals surface area contributed by atoms with E-state index < -0.39 is 0 Å². The van der Waals surface area contributed by atoms with Crippen molar-refractivity contribution in [3.8, 4) is 0 Å². The van der Waals surface area contributed by atoms with Crippen LogP contribution in [0.5, 0.6) is 0 Å². The summed E-state index contributed by atoms with van der Waals surface area (Å²) in [6.07, 6.45) is 4.45. The summed E-state index contributed by atoms with van der Waals surface area (Å²) in [4.78, 5) is 12.0. The Morgan fingerprint density at radius 2 is 2.62 bits per heavy atom. The molecule has 1 aromatic rings. The molecular weight excluding hydrogens is 206 g/mol. The lowest BCUT2D eigenvalue weighted by molar-refractivity contribution is 0.0607. The highest BCUT2D eigenvalue weighted by atomic mass is 16.5. The molecule has 1 atom stereocenters. The number of hydrogen-bond acceptors (Lipinski definition) is 4. The van der Waals surface area contributed by atoms with Crippen LogP contribution < -0.4 is 5.32 Å². The van der Waals surface area contributed by atoms with Gasteiger partial charge in [-0.1, -0.05) is 6.92 Å². The number of aromatic nitrogens is 2. The van der Waals surface area contributed by atoms with Gasteiger partial charge in [-0.25, -0.2) is 0 Å². The van der Waals surface area contributed by atoms with Crippen molar-refractivity contribution in [1.29, 1.82) is 0 Å². The molecule has 5 heteroatoms. The first-order chi connectivity index (χ1) is 7.81. The maximum absolute atomic E-state index is 12.0. The molecule has 0 aromatic carbocycles. The third-order valence-electron chi connectivity index (χ3n) is 2.61. The summed E-state index contributed by atoms with van der Waals surface area (Å²) in [5, 5.41) is 7.30. The van der Waals surface area contributed by atoms with Crippen molar-refractivity contribution in [3.05, 3.63) is 18.0 Å². The lowest BCUT2D eigenvalue weighted by Crippen LogP contribution is -2.46. The van der Waals surface area contributed by atoms with E-state index in [0.717, 1.165) is 19.5 Å². The van der Waals surface area contributed by atoms with Gasteiger partial charge < -0.3 is 10.1 Å². The van der Waals surface area contributed by atoms with Crippen LogP contribution in [-0.2, 0) is 11.3 Å². The number of hydrogen-bond donors (Lipinski definition) is 1. The van der Waals surface area contributed by atoms with Crippen molar-refractivity contribution < 1.29 is 9.53 Å². The minimum atomic E-state index is -0.215. The zero-order valence-electron chi connectivity index (χ0n) is 9.48. The first kappa shape index (κ1) is 11.3. The third-order valence-corrected chi connectivity index (χ3v) is 2.61. The molecule has 5 nitrogen and oxygen atoms in total. The second-order valence-electron chi connectivity index (χ2n) is 3.94. The van der Waals surface area contributed by atoms with Gasteiger partial charge in [0.25, 0.3) is 0 Å². The van der Waals surface area contributed by atoms with E-state index in [2.05, 4.69) is 17.3 Å². The van der Waals surface area contributed by atoms with Gasteiger partial charge in [0, 0.05) is 19.3 Å². The van der Waals surface area contributed by atoms with Crippen molar-refractivity contribution in [2.24, 2.45) is 0 Å². The predicted octanol–water partition coefficient (Wildman–Crippen LogP) is 0.464. The van der Waals surface area contributed by atoms with E-state index in [1.165, 1.54) is 0 Å². The Morgan fingerprint density at radius 1 is 1.75 bits per heavy atom. The van der Waals surface area contributed by atoms with Crippen molar-refractivity contribution >= 4 is 5.78 Å². The van der Waals surface area contributed by atoms with Crippen LogP contribution in [0.15, 0.2) is 12.4 Å². The molecule has 0 amide bonds. The summed E-state index contributed by atoms with van der Waals surface area (Å²) < 4.78 is 7.07. The molecule has 1 N–H and O–H groups in total. The maximum Gasteiger partial charge on any atom is 0.185 e. The first-order valence-electron chi connectivity index (χ1n) is 5.69. The topological polar surface area (TPSA) is 56.1 Å². The van der Waals surface area contributed by atoms with Crippen LogP contribution in [0.2, 0.25) is 0 Å². The van der Waals surface area contributed by atoms with Crippen LogP contribution in [0, 0.1) is 0 Å². The maximum atomic E-state index is 12.0. The molecule has 0 radical (unpaired) electrons. The van der Waals surface area contributed by atoms with E-state index in [1.807, 2.05) is 6.20 Å². The number of carbonyl (C=O) groups is 1. The molecule has 88 valence electrons. The Balaban J connectivity index is 2.01. The van der Waals surface area contributed by atoms with Crippen molar-refractivity contribution in [2.75, 3.05) is 19.8 Å². The number of morpholine rings is 1. The SMILES string of the molecule is CCCn1cc(C(=O)C2COCCN2)cn1. The average Bonchev–Trinajstić information content (AvgIpc) is 2.78. The van der Waals surface area contributed by atoms with Gasteiger partial charge in [0.2, 0.25) is 0 Å². The quantitative estimate of drug-likeness (QED) is 0.754. The number of ether oxygens (including phenoxy) is 1. The summed E-state index contributed by atoms with van der Waals surface area (Å²) in [6, 6.07) is -0.215. The standard InChI is InChI=1S/C11H17N3O2/c1-2-4-14-7-9(6-13-14)11(15)10-8-16-5-3-12-10/h6-7,10,12H,2-5,8H2,1H3. The van der Waals surface area contributed by atoms with E-state index in [-0.39, 0.29) is 11.8 Å². The van der Waals surface area contributed by atoms with Crippen molar-refractivity contribution in [1.82, 2.24) is 15.1 Å². The molecule has 2 heterocycles. The highest BCUT2D eigenvalue weighted by Gasteiger charge is 2.23. The number of carbonyl (C=O) groups excluding carboxylic acids is 1. The average molecular weight is 223 g/mol. The monoisotopic (exact) mass is 223 g/mol. The zero-order valence-corrected chi connectivity index (χ0v) is 9.48. The van der Waals surface area contributed by atoms with Gasteiger partial charge >= 0.3 is 0 Å².